The van der Waals surface area contributed by atoms with Gasteiger partial charge in [-0.2, -0.15) is 0 Å². The van der Waals surface area contributed by atoms with Crippen molar-refractivity contribution in [1.29, 1.82) is 0 Å². The Labute approximate surface area is 182 Å². The van der Waals surface area contributed by atoms with Gasteiger partial charge in [0.15, 0.2) is 5.82 Å². The lowest BCUT2D eigenvalue weighted by Gasteiger charge is -2.31. The van der Waals surface area contributed by atoms with Crippen LogP contribution in [0.1, 0.15) is 28.8 Å². The zero-order valence-electron chi connectivity index (χ0n) is 17.6. The monoisotopic (exact) mass is 423 g/mol. The maximum absolute atomic E-state index is 12.7. The summed E-state index contributed by atoms with van der Waals surface area (Å²) in [7, 11) is 0. The molecule has 0 radical (unpaired) electrons. The highest BCUT2D eigenvalue weighted by atomic mass is 16.3. The van der Waals surface area contributed by atoms with Crippen LogP contribution in [0, 0.1) is 5.92 Å². The number of likely N-dealkylation sites (tertiary alicyclic amines) is 1. The van der Waals surface area contributed by atoms with Gasteiger partial charge in [-0.3, -0.25) is 9.59 Å². The smallest absolute Gasteiger partial charge is 0.252 e. The Morgan fingerprint density at radius 2 is 2.13 bits per heavy atom. The molecule has 3 N–H and O–H groups in total. The van der Waals surface area contributed by atoms with Crippen LogP contribution in [0.2, 0.25) is 0 Å². The number of piperidine rings is 1. The molecule has 2 aliphatic heterocycles. The van der Waals surface area contributed by atoms with E-state index < -0.39 is 0 Å². The Balaban J connectivity index is 1.40. The van der Waals surface area contributed by atoms with Gasteiger partial charge in [-0.15, -0.1) is 0 Å². The maximum Gasteiger partial charge on any atom is 0.252 e. The Morgan fingerprint density at radius 1 is 1.29 bits per heavy atom. The number of hydrogen-bond donors (Lipinski definition) is 3. The fraction of sp³-hybridized carbons (Fsp3) is 0.435. The van der Waals surface area contributed by atoms with Crippen molar-refractivity contribution in [2.24, 2.45) is 5.92 Å². The molecule has 2 amide bonds. The predicted molar refractivity (Wildman–Crippen MR) is 119 cm³/mol. The van der Waals surface area contributed by atoms with Gasteiger partial charge in [-0.05, 0) is 36.9 Å². The molecule has 2 aromatic rings. The highest BCUT2D eigenvalue weighted by molar-refractivity contribution is 6.04. The Kier molecular flexibility index (Phi) is 6.79. The van der Waals surface area contributed by atoms with Crippen molar-refractivity contribution in [1.82, 2.24) is 15.2 Å². The highest BCUT2D eigenvalue weighted by Gasteiger charge is 2.26. The number of aromatic nitrogens is 1. The molecule has 31 heavy (non-hydrogen) atoms. The van der Waals surface area contributed by atoms with Crippen LogP contribution in [-0.2, 0) is 11.3 Å². The van der Waals surface area contributed by atoms with Gasteiger partial charge < -0.3 is 25.5 Å². The molecule has 4 rings (SSSR count). The van der Waals surface area contributed by atoms with E-state index in [-0.39, 0.29) is 25.0 Å². The molecule has 1 aromatic heterocycles. The summed E-state index contributed by atoms with van der Waals surface area (Å²) in [6, 6.07) is 11.5. The second-order valence-electron chi connectivity index (χ2n) is 8.16. The molecule has 1 saturated heterocycles. The van der Waals surface area contributed by atoms with Gasteiger partial charge in [0, 0.05) is 32.4 Å². The number of anilines is 2. The molecule has 1 aromatic carbocycles. The van der Waals surface area contributed by atoms with Gasteiger partial charge >= 0.3 is 0 Å². The second kappa shape index (κ2) is 9.89. The zero-order chi connectivity index (χ0) is 21.6. The first-order valence-electron chi connectivity index (χ1n) is 10.8. The number of rotatable bonds is 7. The number of carbonyl (C=O) groups is 2. The number of aliphatic hydroxyl groups is 1. The first-order valence-corrected chi connectivity index (χ1v) is 10.8. The summed E-state index contributed by atoms with van der Waals surface area (Å²) in [5.41, 5.74) is 2.07. The molecular formula is C23H29N5O3. The summed E-state index contributed by atoms with van der Waals surface area (Å²) in [5, 5.41) is 15.3. The number of nitrogens with one attached hydrogen (secondary N) is 2. The molecule has 0 aliphatic carbocycles. The minimum Gasteiger partial charge on any atom is -0.396 e. The number of amides is 2. The summed E-state index contributed by atoms with van der Waals surface area (Å²) < 4.78 is 0. The van der Waals surface area contributed by atoms with Gasteiger partial charge in [0.2, 0.25) is 5.91 Å². The van der Waals surface area contributed by atoms with Gasteiger partial charge in [0.1, 0.15) is 0 Å². The van der Waals surface area contributed by atoms with E-state index in [1.807, 2.05) is 30.3 Å². The third-order valence-electron chi connectivity index (χ3n) is 5.89. The number of pyridine rings is 1. The lowest BCUT2D eigenvalue weighted by atomic mass is 9.99. The van der Waals surface area contributed by atoms with Crippen molar-refractivity contribution < 1.29 is 14.7 Å². The van der Waals surface area contributed by atoms with Crippen molar-refractivity contribution in [2.75, 3.05) is 49.5 Å². The molecule has 0 spiro atoms. The molecule has 3 heterocycles. The van der Waals surface area contributed by atoms with Crippen LogP contribution < -0.4 is 15.5 Å². The fourth-order valence-electron chi connectivity index (χ4n) is 4.18. The van der Waals surface area contributed by atoms with Gasteiger partial charge in [-0.25, -0.2) is 4.98 Å². The third kappa shape index (κ3) is 5.21. The van der Waals surface area contributed by atoms with Crippen molar-refractivity contribution >= 4 is 23.3 Å². The molecule has 1 fully saturated rings. The average molecular weight is 424 g/mol. The van der Waals surface area contributed by atoms with E-state index >= 15 is 0 Å². The average Bonchev–Trinajstić information content (AvgIpc) is 2.81. The molecule has 2 aliphatic rings. The first-order chi connectivity index (χ1) is 15.1. The second-order valence-corrected chi connectivity index (χ2v) is 8.16. The predicted octanol–water partition coefficient (Wildman–Crippen LogP) is 1.47. The molecule has 0 bridgehead atoms. The quantitative estimate of drug-likeness (QED) is 0.624. The number of fused-ring (bicyclic) bond motifs is 1. The van der Waals surface area contributed by atoms with Crippen LogP contribution in [-0.4, -0.2) is 66.1 Å². The molecule has 0 saturated carbocycles. The van der Waals surface area contributed by atoms with E-state index in [0.717, 1.165) is 38.0 Å². The number of hydrogen-bond acceptors (Lipinski definition) is 6. The van der Waals surface area contributed by atoms with Crippen molar-refractivity contribution in [2.45, 2.75) is 19.4 Å². The Bertz CT molecular complexity index is 921. The zero-order valence-corrected chi connectivity index (χ0v) is 17.6. The van der Waals surface area contributed by atoms with E-state index in [1.54, 1.807) is 17.2 Å². The minimum absolute atomic E-state index is 0.0563. The summed E-state index contributed by atoms with van der Waals surface area (Å²) in [4.78, 5) is 33.6. The van der Waals surface area contributed by atoms with E-state index in [9.17, 15) is 14.7 Å². The van der Waals surface area contributed by atoms with Crippen LogP contribution in [0.15, 0.2) is 42.6 Å². The molecule has 8 nitrogen and oxygen atoms in total. The van der Waals surface area contributed by atoms with Crippen LogP contribution in [0.4, 0.5) is 11.5 Å². The molecule has 164 valence electrons. The normalized spacial score (nSPS) is 18.9. The molecular weight excluding hydrogens is 394 g/mol. The molecule has 1 atom stereocenters. The first kappa shape index (κ1) is 21.3. The molecule has 8 heteroatoms. The summed E-state index contributed by atoms with van der Waals surface area (Å²) in [5.74, 6) is 0.674. The van der Waals surface area contributed by atoms with Crippen molar-refractivity contribution in [3.63, 3.8) is 0 Å². The fourth-order valence-corrected chi connectivity index (χ4v) is 4.18. The van der Waals surface area contributed by atoms with Crippen molar-refractivity contribution in [3.8, 4) is 0 Å². The number of nitrogens with zero attached hydrogens (tertiary/aromatic N) is 3. The van der Waals surface area contributed by atoms with Gasteiger partial charge in [0.05, 0.1) is 24.3 Å². The Hall–Kier alpha value is -2.97. The van der Waals surface area contributed by atoms with E-state index in [4.69, 9.17) is 0 Å². The highest BCUT2D eigenvalue weighted by Crippen LogP contribution is 2.29. The Morgan fingerprint density at radius 3 is 2.94 bits per heavy atom. The summed E-state index contributed by atoms with van der Waals surface area (Å²) in [6.07, 6.45) is 3.68. The molecule has 1 unspecified atom stereocenters. The third-order valence-corrected chi connectivity index (χ3v) is 5.89. The van der Waals surface area contributed by atoms with Crippen molar-refractivity contribution in [3.05, 3.63) is 53.7 Å². The number of benzene rings is 1. The van der Waals surface area contributed by atoms with Gasteiger partial charge in [-0.1, -0.05) is 30.3 Å². The minimum atomic E-state index is -0.205. The van der Waals surface area contributed by atoms with E-state index in [1.165, 1.54) is 0 Å². The van der Waals surface area contributed by atoms with Crippen LogP contribution in [0.5, 0.6) is 0 Å². The maximum atomic E-state index is 12.7. The van der Waals surface area contributed by atoms with Crippen LogP contribution in [0.3, 0.4) is 0 Å². The van der Waals surface area contributed by atoms with E-state index in [2.05, 4.69) is 20.5 Å². The van der Waals surface area contributed by atoms with Crippen LogP contribution in [0.25, 0.3) is 0 Å². The van der Waals surface area contributed by atoms with E-state index in [0.29, 0.717) is 36.1 Å². The lowest BCUT2D eigenvalue weighted by Crippen LogP contribution is -2.42. The SMILES string of the molecule is O=C(NCCN1CCCC(CO)C1)c1cnc2c(c1)N(Cc1ccccc1)C(=O)CN2. The van der Waals surface area contributed by atoms with Gasteiger partial charge in [0.25, 0.3) is 5.91 Å². The largest absolute Gasteiger partial charge is 0.396 e. The topological polar surface area (TPSA) is 97.8 Å². The van der Waals surface area contributed by atoms with Crippen LogP contribution >= 0.6 is 0 Å². The summed E-state index contributed by atoms with van der Waals surface area (Å²) >= 11 is 0. The standard InChI is InChI=1S/C23H29N5O3/c29-16-18-7-4-9-27(14-18)10-8-24-23(31)19-11-20-22(25-12-19)26-13-21(30)28(20)15-17-5-2-1-3-6-17/h1-3,5-6,11-12,18,29H,4,7-10,13-16H2,(H,24,31)(H,25,26). The lowest BCUT2D eigenvalue weighted by molar-refractivity contribution is -0.117. The number of carbonyl (C=O) groups excluding carboxylic acids is 2. The summed E-state index contributed by atoms with van der Waals surface area (Å²) in [6.45, 7) is 3.98. The number of aliphatic hydroxyl groups excluding tert-OH is 1.